The Morgan fingerprint density at radius 2 is 1.84 bits per heavy atom. The largest absolute Gasteiger partial charge is 0.271 e. The number of rotatable bonds is 5. The summed E-state index contributed by atoms with van der Waals surface area (Å²) in [5.74, 6) is 0.618. The molecule has 0 amide bonds. The average molecular weight is 392 g/mol. The second kappa shape index (κ2) is 7.81. The van der Waals surface area contributed by atoms with Gasteiger partial charge in [-0.15, -0.1) is 0 Å². The van der Waals surface area contributed by atoms with Crippen molar-refractivity contribution in [3.05, 3.63) is 69.6 Å². The Kier molecular flexibility index (Phi) is 5.72. The molecular formula is C19H19Cl2N3S. The summed E-state index contributed by atoms with van der Waals surface area (Å²) >= 11 is 13.9. The fraction of sp³-hybridized carbons (Fsp3) is 0.263. The topological polar surface area (TPSA) is 41.6 Å². The van der Waals surface area contributed by atoms with Crippen LogP contribution in [0.3, 0.4) is 0 Å². The molecule has 0 aliphatic rings. The molecule has 0 saturated heterocycles. The molecule has 0 radical (unpaired) electrons. The van der Waals surface area contributed by atoms with Gasteiger partial charge in [0.15, 0.2) is 0 Å². The minimum Gasteiger partial charge on any atom is -0.271 e. The minimum atomic E-state index is 0.213. The van der Waals surface area contributed by atoms with E-state index in [1.165, 1.54) is 11.1 Å². The molecule has 3 rings (SSSR count). The first-order chi connectivity index (χ1) is 12.0. The van der Waals surface area contributed by atoms with Crippen LogP contribution >= 0.6 is 35.0 Å². The standard InChI is InChI=1S/C19H19Cl2N3S/c1-11(2)17(13-5-4-6-22-10-13)18-12(3)23-24-19(18)25-16-8-14(20)7-15(21)9-16/h4-11,17H,1-3H3,(H,23,24). The van der Waals surface area contributed by atoms with Crippen molar-refractivity contribution in [3.8, 4) is 0 Å². The maximum absolute atomic E-state index is 6.14. The van der Waals surface area contributed by atoms with Gasteiger partial charge in [0, 0.05) is 38.8 Å². The number of aryl methyl sites for hydroxylation is 1. The van der Waals surface area contributed by atoms with E-state index in [1.807, 2.05) is 31.3 Å². The number of pyridine rings is 1. The minimum absolute atomic E-state index is 0.213. The van der Waals surface area contributed by atoms with E-state index in [2.05, 4.69) is 35.1 Å². The van der Waals surface area contributed by atoms with Crippen LogP contribution in [-0.2, 0) is 0 Å². The number of nitrogens with one attached hydrogen (secondary N) is 1. The smallest absolute Gasteiger partial charge is 0.0996 e. The lowest BCUT2D eigenvalue weighted by Crippen LogP contribution is -2.10. The van der Waals surface area contributed by atoms with Gasteiger partial charge < -0.3 is 0 Å². The molecule has 25 heavy (non-hydrogen) atoms. The highest BCUT2D eigenvalue weighted by Crippen LogP contribution is 2.41. The van der Waals surface area contributed by atoms with Gasteiger partial charge in [0.25, 0.3) is 0 Å². The lowest BCUT2D eigenvalue weighted by Gasteiger charge is -2.22. The predicted octanol–water partition coefficient (Wildman–Crippen LogP) is 6.36. The maximum atomic E-state index is 6.14. The van der Waals surface area contributed by atoms with Gasteiger partial charge in [0.05, 0.1) is 10.7 Å². The van der Waals surface area contributed by atoms with Crippen LogP contribution in [0.4, 0.5) is 0 Å². The molecule has 2 aromatic heterocycles. The fourth-order valence-electron chi connectivity index (χ4n) is 3.01. The van der Waals surface area contributed by atoms with E-state index in [9.17, 15) is 0 Å². The SMILES string of the molecule is Cc1n[nH]c(Sc2cc(Cl)cc(Cl)c2)c1C(c1cccnc1)C(C)C. The van der Waals surface area contributed by atoms with Gasteiger partial charge in [0.1, 0.15) is 0 Å². The zero-order valence-corrected chi connectivity index (χ0v) is 16.6. The Morgan fingerprint density at radius 1 is 1.12 bits per heavy atom. The molecule has 0 aliphatic heterocycles. The number of halogens is 2. The molecule has 130 valence electrons. The molecule has 3 nitrogen and oxygen atoms in total. The third-order valence-corrected chi connectivity index (χ3v) is 5.46. The second-order valence-electron chi connectivity index (χ2n) is 6.27. The third kappa shape index (κ3) is 4.20. The molecule has 1 unspecified atom stereocenters. The molecule has 0 bridgehead atoms. The Morgan fingerprint density at radius 3 is 2.44 bits per heavy atom. The first-order valence-electron chi connectivity index (χ1n) is 8.04. The monoisotopic (exact) mass is 391 g/mol. The summed E-state index contributed by atoms with van der Waals surface area (Å²) in [7, 11) is 0. The van der Waals surface area contributed by atoms with Crippen LogP contribution in [0.2, 0.25) is 10.0 Å². The van der Waals surface area contributed by atoms with Crippen molar-refractivity contribution in [2.45, 2.75) is 36.6 Å². The van der Waals surface area contributed by atoms with E-state index < -0.39 is 0 Å². The van der Waals surface area contributed by atoms with E-state index in [0.29, 0.717) is 16.0 Å². The first kappa shape index (κ1) is 18.3. The molecule has 0 fully saturated rings. The molecule has 2 heterocycles. The quantitative estimate of drug-likeness (QED) is 0.549. The lowest BCUT2D eigenvalue weighted by atomic mass is 9.83. The number of nitrogens with zero attached hydrogens (tertiary/aromatic N) is 2. The molecule has 1 aromatic carbocycles. The highest BCUT2D eigenvalue weighted by Gasteiger charge is 2.26. The van der Waals surface area contributed by atoms with Crippen molar-refractivity contribution < 1.29 is 0 Å². The van der Waals surface area contributed by atoms with Crippen LogP contribution in [0.5, 0.6) is 0 Å². The van der Waals surface area contributed by atoms with Crippen molar-refractivity contribution in [2.75, 3.05) is 0 Å². The number of H-pyrrole nitrogens is 1. The highest BCUT2D eigenvalue weighted by molar-refractivity contribution is 7.99. The number of benzene rings is 1. The van der Waals surface area contributed by atoms with Crippen molar-refractivity contribution >= 4 is 35.0 Å². The van der Waals surface area contributed by atoms with Crippen LogP contribution in [0.15, 0.2) is 52.6 Å². The van der Waals surface area contributed by atoms with Crippen LogP contribution in [-0.4, -0.2) is 15.2 Å². The fourth-order valence-corrected chi connectivity index (χ4v) is 4.75. The van der Waals surface area contributed by atoms with Crippen molar-refractivity contribution in [1.29, 1.82) is 0 Å². The summed E-state index contributed by atoms with van der Waals surface area (Å²) in [6, 6.07) is 9.65. The summed E-state index contributed by atoms with van der Waals surface area (Å²) in [5.41, 5.74) is 3.38. The zero-order valence-electron chi connectivity index (χ0n) is 14.3. The Hall–Kier alpha value is -1.49. The summed E-state index contributed by atoms with van der Waals surface area (Å²) < 4.78 is 0. The van der Waals surface area contributed by atoms with Gasteiger partial charge in [-0.25, -0.2) is 0 Å². The van der Waals surface area contributed by atoms with Gasteiger partial charge >= 0.3 is 0 Å². The van der Waals surface area contributed by atoms with Crippen molar-refractivity contribution in [2.24, 2.45) is 5.92 Å². The number of aromatic amines is 1. The van der Waals surface area contributed by atoms with Crippen molar-refractivity contribution in [3.63, 3.8) is 0 Å². The van der Waals surface area contributed by atoms with Crippen LogP contribution < -0.4 is 0 Å². The van der Waals surface area contributed by atoms with Gasteiger partial charge in [-0.1, -0.05) is 54.9 Å². The van der Waals surface area contributed by atoms with Crippen LogP contribution in [0.25, 0.3) is 0 Å². The lowest BCUT2D eigenvalue weighted by molar-refractivity contribution is 0.553. The number of hydrogen-bond acceptors (Lipinski definition) is 3. The van der Waals surface area contributed by atoms with E-state index in [4.69, 9.17) is 23.2 Å². The van der Waals surface area contributed by atoms with E-state index >= 15 is 0 Å². The van der Waals surface area contributed by atoms with E-state index in [1.54, 1.807) is 24.0 Å². The number of aromatic nitrogens is 3. The van der Waals surface area contributed by atoms with Gasteiger partial charge in [-0.3, -0.25) is 10.1 Å². The van der Waals surface area contributed by atoms with E-state index in [-0.39, 0.29) is 5.92 Å². The van der Waals surface area contributed by atoms with Gasteiger partial charge in [-0.2, -0.15) is 5.10 Å². The number of hydrogen-bond donors (Lipinski definition) is 1. The average Bonchev–Trinajstić information content (AvgIpc) is 2.88. The Balaban J connectivity index is 2.03. The summed E-state index contributed by atoms with van der Waals surface area (Å²) in [6.07, 6.45) is 3.73. The summed E-state index contributed by atoms with van der Waals surface area (Å²) in [5, 5.41) is 9.89. The molecule has 1 N–H and O–H groups in total. The van der Waals surface area contributed by atoms with Crippen molar-refractivity contribution in [1.82, 2.24) is 15.2 Å². The molecule has 1 atom stereocenters. The zero-order chi connectivity index (χ0) is 18.0. The van der Waals surface area contributed by atoms with Gasteiger partial charge in [-0.05, 0) is 42.7 Å². The Labute approximate surface area is 162 Å². The molecule has 0 spiro atoms. The first-order valence-corrected chi connectivity index (χ1v) is 9.61. The van der Waals surface area contributed by atoms with Crippen LogP contribution in [0, 0.1) is 12.8 Å². The predicted molar refractivity (Wildman–Crippen MR) is 105 cm³/mol. The summed E-state index contributed by atoms with van der Waals surface area (Å²) in [4.78, 5) is 5.27. The molecule has 6 heteroatoms. The normalized spacial score (nSPS) is 12.6. The third-order valence-electron chi connectivity index (χ3n) is 4.04. The van der Waals surface area contributed by atoms with E-state index in [0.717, 1.165) is 15.6 Å². The summed E-state index contributed by atoms with van der Waals surface area (Å²) in [6.45, 7) is 6.47. The highest BCUT2D eigenvalue weighted by atomic mass is 35.5. The second-order valence-corrected chi connectivity index (χ2v) is 8.22. The van der Waals surface area contributed by atoms with Crippen LogP contribution in [0.1, 0.15) is 36.6 Å². The Bertz CT molecular complexity index is 842. The molecule has 0 aliphatic carbocycles. The molecular weight excluding hydrogens is 373 g/mol. The maximum Gasteiger partial charge on any atom is 0.0996 e. The van der Waals surface area contributed by atoms with Gasteiger partial charge in [0.2, 0.25) is 0 Å². The molecule has 0 saturated carbocycles. The molecule has 3 aromatic rings.